The number of amides is 2. The summed E-state index contributed by atoms with van der Waals surface area (Å²) in [4.78, 5) is 11.8. The van der Waals surface area contributed by atoms with E-state index in [1.54, 1.807) is 24.3 Å². The molecule has 2 amide bonds. The van der Waals surface area contributed by atoms with E-state index in [4.69, 9.17) is 4.74 Å². The average molecular weight is 468 g/mol. The summed E-state index contributed by atoms with van der Waals surface area (Å²) in [5.41, 5.74) is 5.44. The number of phenols is 1. The lowest BCUT2D eigenvalue weighted by molar-refractivity contribution is 0.234. The van der Waals surface area contributed by atoms with Crippen molar-refractivity contribution in [3.05, 3.63) is 24.3 Å². The van der Waals surface area contributed by atoms with Crippen LogP contribution in [0.15, 0.2) is 24.3 Å². The van der Waals surface area contributed by atoms with Crippen molar-refractivity contribution in [2.75, 3.05) is 25.4 Å². The van der Waals surface area contributed by atoms with Crippen LogP contribution in [0.1, 0.15) is 84.5 Å². The number of benzene rings is 1. The summed E-state index contributed by atoms with van der Waals surface area (Å²) in [5, 5.41) is 12.7. The number of ether oxygens (including phenoxy) is 1. The van der Waals surface area contributed by atoms with Gasteiger partial charge in [0.25, 0.3) is 0 Å². The van der Waals surface area contributed by atoms with Crippen LogP contribution in [-0.4, -0.2) is 41.8 Å². The van der Waals surface area contributed by atoms with Crippen LogP contribution in [-0.2, 0) is 0 Å². The Labute approximate surface area is 199 Å². The van der Waals surface area contributed by atoms with Gasteiger partial charge < -0.3 is 15.2 Å². The molecular weight excluding hydrogens is 422 g/mol. The van der Waals surface area contributed by atoms with E-state index in [0.29, 0.717) is 30.7 Å². The Bertz CT molecular complexity index is 572. The summed E-state index contributed by atoms with van der Waals surface area (Å²) < 4.78 is 5.50. The molecule has 0 fully saturated rings. The molecule has 0 aliphatic heterocycles. The van der Waals surface area contributed by atoms with Gasteiger partial charge in [0, 0.05) is 24.1 Å². The molecule has 0 radical (unpaired) electrons. The average Bonchev–Trinajstić information content (AvgIpc) is 2.79. The van der Waals surface area contributed by atoms with Crippen LogP contribution in [0.5, 0.6) is 11.5 Å². The quantitative estimate of drug-likeness (QED) is 0.139. The Morgan fingerprint density at radius 3 is 2.25 bits per heavy atom. The van der Waals surface area contributed by atoms with Crippen molar-refractivity contribution >= 4 is 17.8 Å². The number of unbranched alkanes of at least 4 members (excludes halogenated alkanes) is 9. The predicted molar refractivity (Wildman–Crippen MR) is 137 cm³/mol. The second-order valence-electron chi connectivity index (χ2n) is 8.30. The summed E-state index contributed by atoms with van der Waals surface area (Å²) in [6.07, 6.45) is 15.1. The van der Waals surface area contributed by atoms with Gasteiger partial charge in [-0.15, -0.1) is 0 Å². The summed E-state index contributed by atoms with van der Waals surface area (Å²) >= 11 is 1.93. The number of carbonyl (C=O) groups excluding carboxylic acids is 1. The SMILES string of the molecule is CCCCCCCCCCCCC(C)SCCNC(=O)NNCCOc1ccc(O)cc1. The maximum absolute atomic E-state index is 11.8. The largest absolute Gasteiger partial charge is 0.508 e. The summed E-state index contributed by atoms with van der Waals surface area (Å²) in [6, 6.07) is 6.32. The predicted octanol–water partition coefficient (Wildman–Crippen LogP) is 6.01. The fourth-order valence-corrected chi connectivity index (χ4v) is 4.33. The zero-order chi connectivity index (χ0) is 23.3. The van der Waals surface area contributed by atoms with Gasteiger partial charge >= 0.3 is 6.03 Å². The van der Waals surface area contributed by atoms with Crippen LogP contribution >= 0.6 is 11.8 Å². The molecule has 7 heteroatoms. The Kier molecular flexibility index (Phi) is 17.8. The lowest BCUT2D eigenvalue weighted by atomic mass is 10.1. The van der Waals surface area contributed by atoms with E-state index in [-0.39, 0.29) is 11.8 Å². The Morgan fingerprint density at radius 2 is 1.59 bits per heavy atom. The first-order valence-corrected chi connectivity index (χ1v) is 13.5. The highest BCUT2D eigenvalue weighted by molar-refractivity contribution is 7.99. The topological polar surface area (TPSA) is 82.6 Å². The van der Waals surface area contributed by atoms with Crippen molar-refractivity contribution in [3.63, 3.8) is 0 Å². The Hall–Kier alpha value is -1.60. The van der Waals surface area contributed by atoms with E-state index in [9.17, 15) is 9.90 Å². The van der Waals surface area contributed by atoms with Gasteiger partial charge in [-0.05, 0) is 30.7 Å². The molecule has 0 spiro atoms. The van der Waals surface area contributed by atoms with E-state index in [1.165, 1.54) is 70.6 Å². The zero-order valence-electron chi connectivity index (χ0n) is 20.2. The van der Waals surface area contributed by atoms with Crippen molar-refractivity contribution in [2.45, 2.75) is 89.7 Å². The lowest BCUT2D eigenvalue weighted by Crippen LogP contribution is -2.46. The first kappa shape index (κ1) is 28.4. The highest BCUT2D eigenvalue weighted by atomic mass is 32.2. The molecule has 0 aromatic heterocycles. The van der Waals surface area contributed by atoms with Crippen molar-refractivity contribution < 1.29 is 14.6 Å². The molecule has 0 aliphatic rings. The minimum atomic E-state index is -0.224. The van der Waals surface area contributed by atoms with E-state index in [0.717, 1.165) is 5.75 Å². The first-order chi connectivity index (χ1) is 15.6. The number of carbonyl (C=O) groups is 1. The number of hydrazine groups is 1. The van der Waals surface area contributed by atoms with Crippen molar-refractivity contribution in [3.8, 4) is 11.5 Å². The number of urea groups is 1. The zero-order valence-corrected chi connectivity index (χ0v) is 21.0. The number of aromatic hydroxyl groups is 1. The van der Waals surface area contributed by atoms with Gasteiger partial charge in [0.2, 0.25) is 0 Å². The second-order valence-corrected chi connectivity index (χ2v) is 9.85. The molecule has 0 aliphatic carbocycles. The van der Waals surface area contributed by atoms with E-state index >= 15 is 0 Å². The van der Waals surface area contributed by atoms with E-state index < -0.39 is 0 Å². The second kappa shape index (κ2) is 20.0. The molecule has 1 rings (SSSR count). The molecule has 1 unspecified atom stereocenters. The Balaban J connectivity index is 1.84. The van der Waals surface area contributed by atoms with Gasteiger partial charge in [-0.2, -0.15) is 11.8 Å². The number of hydrogen-bond acceptors (Lipinski definition) is 5. The molecule has 1 atom stereocenters. The van der Waals surface area contributed by atoms with Crippen molar-refractivity contribution in [1.29, 1.82) is 0 Å². The van der Waals surface area contributed by atoms with Crippen molar-refractivity contribution in [2.24, 2.45) is 0 Å². The lowest BCUT2D eigenvalue weighted by Gasteiger charge is -2.12. The molecule has 0 bridgehead atoms. The molecule has 32 heavy (non-hydrogen) atoms. The maximum atomic E-state index is 11.8. The minimum Gasteiger partial charge on any atom is -0.508 e. The van der Waals surface area contributed by atoms with Gasteiger partial charge in [0.1, 0.15) is 18.1 Å². The summed E-state index contributed by atoms with van der Waals surface area (Å²) in [5.74, 6) is 1.81. The standard InChI is InChI=1S/C25H45N3O3S/c1-3-4-5-6-7-8-9-10-11-12-13-22(2)32-21-19-26-25(30)28-27-18-20-31-24-16-14-23(29)15-17-24/h14-17,22,27,29H,3-13,18-21H2,1-2H3,(H2,26,28,30). The molecule has 1 aromatic carbocycles. The number of hydrogen-bond donors (Lipinski definition) is 4. The third-order valence-corrected chi connectivity index (χ3v) is 6.53. The molecule has 4 N–H and O–H groups in total. The van der Waals surface area contributed by atoms with Gasteiger partial charge in [-0.3, -0.25) is 5.43 Å². The molecular formula is C25H45N3O3S. The monoisotopic (exact) mass is 467 g/mol. The Morgan fingerprint density at radius 1 is 0.969 bits per heavy atom. The van der Waals surface area contributed by atoms with Crippen LogP contribution in [0.4, 0.5) is 4.79 Å². The van der Waals surface area contributed by atoms with Crippen molar-refractivity contribution in [1.82, 2.24) is 16.2 Å². The van der Waals surface area contributed by atoms with Crippen LogP contribution < -0.4 is 20.9 Å². The normalized spacial score (nSPS) is 11.8. The van der Waals surface area contributed by atoms with E-state index in [1.807, 2.05) is 11.8 Å². The molecule has 0 saturated carbocycles. The van der Waals surface area contributed by atoms with Gasteiger partial charge in [0.15, 0.2) is 0 Å². The van der Waals surface area contributed by atoms with Crippen LogP contribution in [0.25, 0.3) is 0 Å². The third kappa shape index (κ3) is 17.0. The molecule has 1 aromatic rings. The number of rotatable bonds is 20. The van der Waals surface area contributed by atoms with Gasteiger partial charge in [0.05, 0.1) is 0 Å². The smallest absolute Gasteiger partial charge is 0.329 e. The molecule has 6 nitrogen and oxygen atoms in total. The number of phenolic OH excluding ortho intramolecular Hbond substituents is 1. The van der Waals surface area contributed by atoms with Gasteiger partial charge in [-0.1, -0.05) is 78.1 Å². The van der Waals surface area contributed by atoms with Crippen LogP contribution in [0, 0.1) is 0 Å². The van der Waals surface area contributed by atoms with Crippen LogP contribution in [0.2, 0.25) is 0 Å². The first-order valence-electron chi connectivity index (χ1n) is 12.4. The third-order valence-electron chi connectivity index (χ3n) is 5.29. The molecule has 184 valence electrons. The fraction of sp³-hybridized carbons (Fsp3) is 0.720. The van der Waals surface area contributed by atoms with Gasteiger partial charge in [-0.25, -0.2) is 10.2 Å². The molecule has 0 saturated heterocycles. The maximum Gasteiger partial charge on any atom is 0.329 e. The number of nitrogens with one attached hydrogen (secondary N) is 3. The number of thioether (sulfide) groups is 1. The minimum absolute atomic E-state index is 0.208. The summed E-state index contributed by atoms with van der Waals surface area (Å²) in [6.45, 7) is 6.11. The highest BCUT2D eigenvalue weighted by Crippen LogP contribution is 2.18. The summed E-state index contributed by atoms with van der Waals surface area (Å²) in [7, 11) is 0. The fourth-order valence-electron chi connectivity index (χ4n) is 3.38. The van der Waals surface area contributed by atoms with Crippen LogP contribution in [0.3, 0.4) is 0 Å². The molecule has 0 heterocycles. The highest BCUT2D eigenvalue weighted by Gasteiger charge is 2.04. The van der Waals surface area contributed by atoms with E-state index in [2.05, 4.69) is 30.0 Å².